The maximum atomic E-state index is 5.85. The van der Waals surface area contributed by atoms with Crippen LogP contribution in [0.3, 0.4) is 0 Å². The molecule has 0 bridgehead atoms. The van der Waals surface area contributed by atoms with Crippen LogP contribution in [0.2, 0.25) is 0 Å². The van der Waals surface area contributed by atoms with Gasteiger partial charge in [-0.15, -0.1) is 21.5 Å². The first-order chi connectivity index (χ1) is 8.11. The smallest absolute Gasteiger partial charge is 0.191 e. The number of thiophene rings is 1. The van der Waals surface area contributed by atoms with Crippen molar-refractivity contribution in [2.45, 2.75) is 24.3 Å². The van der Waals surface area contributed by atoms with E-state index in [1.807, 2.05) is 18.5 Å². The van der Waals surface area contributed by atoms with Gasteiger partial charge in [-0.05, 0) is 26.0 Å². The van der Waals surface area contributed by atoms with Gasteiger partial charge in [-0.25, -0.2) is 0 Å². The van der Waals surface area contributed by atoms with Crippen LogP contribution in [0.25, 0.3) is 0 Å². The Bertz CT molecular complexity index is 503. The molecule has 0 aliphatic carbocycles. The fraction of sp³-hybridized carbons (Fsp3) is 0.455. The molecule has 2 rings (SSSR count). The standard InChI is InChI=1S/C11H16N4S2/c1-7-4-5-9(16-7)10(6-12)17-11-14-13-8(2)15(11)3/h4-5,10H,6,12H2,1-3H3. The molecule has 2 N–H and O–H groups in total. The molecule has 2 aromatic heterocycles. The summed E-state index contributed by atoms with van der Waals surface area (Å²) in [5, 5.41) is 9.40. The lowest BCUT2D eigenvalue weighted by atomic mass is 10.3. The SMILES string of the molecule is Cc1ccc(C(CN)Sc2nnc(C)n2C)s1. The van der Waals surface area contributed by atoms with Crippen LogP contribution in [0.15, 0.2) is 17.3 Å². The number of nitrogens with zero attached hydrogens (tertiary/aromatic N) is 3. The van der Waals surface area contributed by atoms with Crippen molar-refractivity contribution in [2.75, 3.05) is 6.54 Å². The van der Waals surface area contributed by atoms with Crippen LogP contribution in [0, 0.1) is 13.8 Å². The van der Waals surface area contributed by atoms with Gasteiger partial charge in [-0.2, -0.15) is 0 Å². The van der Waals surface area contributed by atoms with Crippen molar-refractivity contribution in [3.8, 4) is 0 Å². The van der Waals surface area contributed by atoms with Crippen LogP contribution in [0.5, 0.6) is 0 Å². The molecule has 0 saturated heterocycles. The normalized spacial score (nSPS) is 12.9. The Balaban J connectivity index is 2.18. The highest BCUT2D eigenvalue weighted by atomic mass is 32.2. The monoisotopic (exact) mass is 268 g/mol. The van der Waals surface area contributed by atoms with Crippen LogP contribution in [0.1, 0.15) is 20.8 Å². The quantitative estimate of drug-likeness (QED) is 0.864. The largest absolute Gasteiger partial charge is 0.329 e. The Morgan fingerprint density at radius 3 is 2.65 bits per heavy atom. The summed E-state index contributed by atoms with van der Waals surface area (Å²) >= 11 is 3.47. The molecular formula is C11H16N4S2. The van der Waals surface area contributed by atoms with Crippen molar-refractivity contribution in [2.24, 2.45) is 12.8 Å². The molecule has 0 saturated carbocycles. The summed E-state index contributed by atoms with van der Waals surface area (Å²) in [5.74, 6) is 0.922. The lowest BCUT2D eigenvalue weighted by Crippen LogP contribution is -2.09. The Morgan fingerprint density at radius 2 is 2.18 bits per heavy atom. The van der Waals surface area contributed by atoms with Crippen molar-refractivity contribution in [3.63, 3.8) is 0 Å². The molecule has 1 atom stereocenters. The van der Waals surface area contributed by atoms with E-state index in [1.54, 1.807) is 23.1 Å². The number of thioether (sulfide) groups is 1. The van der Waals surface area contributed by atoms with Gasteiger partial charge in [0.25, 0.3) is 0 Å². The first-order valence-electron chi connectivity index (χ1n) is 5.41. The van der Waals surface area contributed by atoms with Gasteiger partial charge in [0, 0.05) is 23.3 Å². The maximum Gasteiger partial charge on any atom is 0.191 e. The van der Waals surface area contributed by atoms with Gasteiger partial charge in [0.2, 0.25) is 0 Å². The van der Waals surface area contributed by atoms with Gasteiger partial charge >= 0.3 is 0 Å². The average Bonchev–Trinajstić information content (AvgIpc) is 2.86. The summed E-state index contributed by atoms with van der Waals surface area (Å²) in [6.07, 6.45) is 0. The highest BCUT2D eigenvalue weighted by Crippen LogP contribution is 2.36. The highest BCUT2D eigenvalue weighted by Gasteiger charge is 2.17. The van der Waals surface area contributed by atoms with Gasteiger partial charge in [-0.1, -0.05) is 11.8 Å². The number of aryl methyl sites for hydroxylation is 2. The summed E-state index contributed by atoms with van der Waals surface area (Å²) in [5.41, 5.74) is 5.85. The topological polar surface area (TPSA) is 56.7 Å². The third kappa shape index (κ3) is 2.70. The molecule has 92 valence electrons. The number of hydrogen-bond donors (Lipinski definition) is 1. The van der Waals surface area contributed by atoms with Gasteiger partial charge in [-0.3, -0.25) is 0 Å². The minimum Gasteiger partial charge on any atom is -0.329 e. The van der Waals surface area contributed by atoms with E-state index in [2.05, 4.69) is 29.3 Å². The summed E-state index contributed by atoms with van der Waals surface area (Å²) in [7, 11) is 1.98. The van der Waals surface area contributed by atoms with E-state index in [1.165, 1.54) is 9.75 Å². The van der Waals surface area contributed by atoms with E-state index < -0.39 is 0 Å². The lowest BCUT2D eigenvalue weighted by molar-refractivity contribution is 0.761. The number of hydrogen-bond acceptors (Lipinski definition) is 5. The highest BCUT2D eigenvalue weighted by molar-refractivity contribution is 7.99. The molecule has 0 aliphatic rings. The first-order valence-corrected chi connectivity index (χ1v) is 7.10. The van der Waals surface area contributed by atoms with E-state index in [-0.39, 0.29) is 5.25 Å². The summed E-state index contributed by atoms with van der Waals surface area (Å²) < 4.78 is 1.99. The van der Waals surface area contributed by atoms with Crippen LogP contribution >= 0.6 is 23.1 Å². The molecule has 17 heavy (non-hydrogen) atoms. The Labute approximate surface area is 109 Å². The van der Waals surface area contributed by atoms with Crippen molar-refractivity contribution in [1.29, 1.82) is 0 Å². The average molecular weight is 268 g/mol. The Kier molecular flexibility index (Phi) is 3.86. The van der Waals surface area contributed by atoms with Crippen molar-refractivity contribution in [3.05, 3.63) is 27.7 Å². The second kappa shape index (κ2) is 5.20. The van der Waals surface area contributed by atoms with Crippen LogP contribution in [0.4, 0.5) is 0 Å². The minimum atomic E-state index is 0.260. The first kappa shape index (κ1) is 12.6. The van der Waals surface area contributed by atoms with E-state index >= 15 is 0 Å². The fourth-order valence-corrected chi connectivity index (χ4v) is 3.55. The Morgan fingerprint density at radius 1 is 1.41 bits per heavy atom. The van der Waals surface area contributed by atoms with Crippen LogP contribution in [-0.4, -0.2) is 21.3 Å². The number of nitrogens with two attached hydrogens (primary N) is 1. The molecule has 0 aliphatic heterocycles. The van der Waals surface area contributed by atoms with Gasteiger partial charge in [0.15, 0.2) is 5.16 Å². The summed E-state index contributed by atoms with van der Waals surface area (Å²) in [4.78, 5) is 2.61. The molecular weight excluding hydrogens is 252 g/mol. The molecule has 0 radical (unpaired) electrons. The maximum absolute atomic E-state index is 5.85. The molecule has 0 spiro atoms. The second-order valence-electron chi connectivity index (χ2n) is 3.88. The van der Waals surface area contributed by atoms with Crippen LogP contribution in [-0.2, 0) is 7.05 Å². The molecule has 4 nitrogen and oxygen atoms in total. The number of rotatable bonds is 4. The van der Waals surface area contributed by atoms with Crippen molar-refractivity contribution in [1.82, 2.24) is 14.8 Å². The van der Waals surface area contributed by atoms with Crippen LogP contribution < -0.4 is 5.73 Å². The van der Waals surface area contributed by atoms with Gasteiger partial charge < -0.3 is 10.3 Å². The molecule has 0 aromatic carbocycles. The minimum absolute atomic E-state index is 0.260. The molecule has 1 unspecified atom stereocenters. The zero-order valence-electron chi connectivity index (χ0n) is 10.2. The van der Waals surface area contributed by atoms with Crippen molar-refractivity contribution < 1.29 is 0 Å². The van der Waals surface area contributed by atoms with E-state index in [9.17, 15) is 0 Å². The van der Waals surface area contributed by atoms with E-state index in [0.29, 0.717) is 6.54 Å². The molecule has 0 fully saturated rings. The predicted octanol–water partition coefficient (Wildman–Crippen LogP) is 2.29. The molecule has 6 heteroatoms. The van der Waals surface area contributed by atoms with Gasteiger partial charge in [0.05, 0.1) is 5.25 Å². The Hall–Kier alpha value is -0.850. The lowest BCUT2D eigenvalue weighted by Gasteiger charge is -2.11. The number of aromatic nitrogens is 3. The zero-order chi connectivity index (χ0) is 12.4. The molecule has 2 heterocycles. The summed E-state index contributed by atoms with van der Waals surface area (Å²) in [6.45, 7) is 4.67. The zero-order valence-corrected chi connectivity index (χ0v) is 11.8. The second-order valence-corrected chi connectivity index (χ2v) is 6.37. The summed E-state index contributed by atoms with van der Waals surface area (Å²) in [6, 6.07) is 4.28. The predicted molar refractivity (Wildman–Crippen MR) is 72.4 cm³/mol. The molecule has 0 amide bonds. The van der Waals surface area contributed by atoms with Gasteiger partial charge in [0.1, 0.15) is 5.82 Å². The van der Waals surface area contributed by atoms with Crippen molar-refractivity contribution >= 4 is 23.1 Å². The van der Waals surface area contributed by atoms with E-state index in [4.69, 9.17) is 5.73 Å². The van der Waals surface area contributed by atoms with E-state index in [0.717, 1.165) is 11.0 Å². The third-order valence-corrected chi connectivity index (χ3v) is 5.15. The fourth-order valence-electron chi connectivity index (χ4n) is 1.47. The third-order valence-electron chi connectivity index (χ3n) is 2.59. The molecule has 2 aromatic rings.